The van der Waals surface area contributed by atoms with Crippen LogP contribution in [0.3, 0.4) is 0 Å². The summed E-state index contributed by atoms with van der Waals surface area (Å²) in [6.45, 7) is 5.10. The number of benzene rings is 2. The second-order valence-corrected chi connectivity index (χ2v) is 9.50. The molecule has 1 aliphatic heterocycles. The molecule has 1 unspecified atom stereocenters. The van der Waals surface area contributed by atoms with E-state index in [1.807, 2.05) is 48.5 Å². The van der Waals surface area contributed by atoms with Gasteiger partial charge in [0.05, 0.1) is 12.2 Å². The molecule has 7 heteroatoms. The van der Waals surface area contributed by atoms with E-state index in [1.54, 1.807) is 11.8 Å². The highest BCUT2D eigenvalue weighted by atomic mass is 32.2. The topological polar surface area (TPSA) is 69.2 Å². The van der Waals surface area contributed by atoms with Gasteiger partial charge in [0.1, 0.15) is 5.75 Å². The van der Waals surface area contributed by atoms with Crippen LogP contribution in [0.2, 0.25) is 0 Å². The van der Waals surface area contributed by atoms with E-state index < -0.39 is 6.23 Å². The van der Waals surface area contributed by atoms with E-state index in [1.165, 1.54) is 19.3 Å². The summed E-state index contributed by atoms with van der Waals surface area (Å²) in [5.41, 5.74) is 3.46. The maximum Gasteiger partial charge on any atom is 0.247 e. The number of nitrogens with zero attached hydrogens (tertiary/aromatic N) is 3. The second kappa shape index (κ2) is 12.6. The van der Waals surface area contributed by atoms with E-state index in [-0.39, 0.29) is 0 Å². The van der Waals surface area contributed by atoms with Crippen LogP contribution in [0.1, 0.15) is 70.6 Å². The molecule has 0 saturated heterocycles. The number of unbranched alkanes of at least 4 members (excludes halogenated alkanes) is 5. The standard InChI is InChI=1S/C27H34N4O2S/c1-3-5-7-13-19-34-27-29-26-24(30-31-27)20-14-8-10-16-22(20)28-25(33-26)21-15-9-11-17-23(21)32-18-12-6-4-2/h8-11,14-17,25,28H,3-7,12-13,18-19H2,1-2H3. The molecule has 3 aromatic rings. The summed E-state index contributed by atoms with van der Waals surface area (Å²) in [5.74, 6) is 2.30. The molecule has 1 N–H and O–H groups in total. The minimum Gasteiger partial charge on any atom is -0.493 e. The first kappa shape index (κ1) is 24.3. The minimum absolute atomic E-state index is 0.455. The number of para-hydroxylation sites is 2. The summed E-state index contributed by atoms with van der Waals surface area (Å²) >= 11 is 1.64. The summed E-state index contributed by atoms with van der Waals surface area (Å²) in [6.07, 6.45) is 7.77. The van der Waals surface area contributed by atoms with E-state index in [9.17, 15) is 0 Å². The zero-order chi connectivity index (χ0) is 23.6. The Morgan fingerprint density at radius 3 is 2.59 bits per heavy atom. The van der Waals surface area contributed by atoms with Gasteiger partial charge in [0.15, 0.2) is 5.69 Å². The average Bonchev–Trinajstić information content (AvgIpc) is 3.03. The number of aromatic nitrogens is 3. The van der Waals surface area contributed by atoms with E-state index in [4.69, 9.17) is 14.5 Å². The lowest BCUT2D eigenvalue weighted by Crippen LogP contribution is -2.18. The fourth-order valence-corrected chi connectivity index (χ4v) is 4.68. The Morgan fingerprint density at radius 2 is 1.71 bits per heavy atom. The molecule has 0 radical (unpaired) electrons. The predicted molar refractivity (Wildman–Crippen MR) is 139 cm³/mol. The Balaban J connectivity index is 1.59. The van der Waals surface area contributed by atoms with Gasteiger partial charge in [-0.3, -0.25) is 0 Å². The maximum atomic E-state index is 6.46. The summed E-state index contributed by atoms with van der Waals surface area (Å²) in [7, 11) is 0. The van der Waals surface area contributed by atoms with Crippen LogP contribution in [-0.4, -0.2) is 27.5 Å². The van der Waals surface area contributed by atoms with Crippen LogP contribution in [0.25, 0.3) is 11.3 Å². The predicted octanol–water partition coefficient (Wildman–Crippen LogP) is 7.28. The lowest BCUT2D eigenvalue weighted by Gasteiger charge is -2.22. The Bertz CT molecular complexity index is 1060. The summed E-state index contributed by atoms with van der Waals surface area (Å²) in [6, 6.07) is 16.1. The summed E-state index contributed by atoms with van der Waals surface area (Å²) in [4.78, 5) is 4.77. The van der Waals surface area contributed by atoms with Gasteiger partial charge in [0.2, 0.25) is 17.3 Å². The number of hydrogen-bond donors (Lipinski definition) is 1. The maximum absolute atomic E-state index is 6.46. The summed E-state index contributed by atoms with van der Waals surface area (Å²) in [5, 5.41) is 13.1. The number of anilines is 1. The zero-order valence-electron chi connectivity index (χ0n) is 20.1. The highest BCUT2D eigenvalue weighted by Gasteiger charge is 2.27. The van der Waals surface area contributed by atoms with Crippen molar-refractivity contribution < 1.29 is 9.47 Å². The monoisotopic (exact) mass is 478 g/mol. The fourth-order valence-electron chi connectivity index (χ4n) is 3.90. The van der Waals surface area contributed by atoms with Crippen molar-refractivity contribution in [1.29, 1.82) is 0 Å². The van der Waals surface area contributed by atoms with E-state index in [0.29, 0.717) is 23.3 Å². The van der Waals surface area contributed by atoms with E-state index >= 15 is 0 Å². The lowest BCUT2D eigenvalue weighted by atomic mass is 10.1. The second-order valence-electron chi connectivity index (χ2n) is 8.44. The molecule has 0 aliphatic carbocycles. The quantitative estimate of drug-likeness (QED) is 0.217. The average molecular weight is 479 g/mol. The molecule has 1 aliphatic rings. The molecular weight excluding hydrogens is 444 g/mol. The fraction of sp³-hybridized carbons (Fsp3) is 0.444. The van der Waals surface area contributed by atoms with Crippen molar-refractivity contribution in [1.82, 2.24) is 15.2 Å². The van der Waals surface area contributed by atoms with Crippen LogP contribution < -0.4 is 14.8 Å². The SMILES string of the molecule is CCCCCCSc1nnc2c(n1)OC(c1ccccc1OCCCCC)Nc1ccccc1-2. The van der Waals surface area contributed by atoms with E-state index in [2.05, 4.69) is 29.4 Å². The Kier molecular flexibility index (Phi) is 9.02. The Hall–Kier alpha value is -2.80. The molecule has 0 spiro atoms. The van der Waals surface area contributed by atoms with Crippen molar-refractivity contribution in [2.75, 3.05) is 17.7 Å². The molecule has 1 atom stereocenters. The molecule has 1 aromatic heterocycles. The molecule has 2 aromatic carbocycles. The smallest absolute Gasteiger partial charge is 0.247 e. The van der Waals surface area contributed by atoms with Gasteiger partial charge in [-0.15, -0.1) is 10.2 Å². The van der Waals surface area contributed by atoms with Gasteiger partial charge in [-0.1, -0.05) is 88.0 Å². The van der Waals surface area contributed by atoms with Crippen LogP contribution in [0, 0.1) is 0 Å². The highest BCUT2D eigenvalue weighted by molar-refractivity contribution is 7.99. The first-order valence-corrected chi connectivity index (χ1v) is 13.4. The van der Waals surface area contributed by atoms with Crippen LogP contribution >= 0.6 is 11.8 Å². The first-order chi connectivity index (χ1) is 16.8. The zero-order valence-corrected chi connectivity index (χ0v) is 20.9. The normalized spacial score (nSPS) is 14.4. The molecule has 0 bridgehead atoms. The number of nitrogens with one attached hydrogen (secondary N) is 1. The molecule has 34 heavy (non-hydrogen) atoms. The molecule has 4 rings (SSSR count). The van der Waals surface area contributed by atoms with Crippen LogP contribution in [0.4, 0.5) is 5.69 Å². The third-order valence-electron chi connectivity index (χ3n) is 5.77. The minimum atomic E-state index is -0.455. The summed E-state index contributed by atoms with van der Waals surface area (Å²) < 4.78 is 12.6. The largest absolute Gasteiger partial charge is 0.493 e. The van der Waals surface area contributed by atoms with Gasteiger partial charge >= 0.3 is 0 Å². The number of ether oxygens (including phenoxy) is 2. The Morgan fingerprint density at radius 1 is 0.912 bits per heavy atom. The van der Waals surface area contributed by atoms with Crippen LogP contribution in [0.5, 0.6) is 11.6 Å². The van der Waals surface area contributed by atoms with Gasteiger partial charge in [0, 0.05) is 17.0 Å². The third-order valence-corrected chi connectivity index (χ3v) is 6.69. The van der Waals surface area contributed by atoms with Crippen molar-refractivity contribution in [3.8, 4) is 22.9 Å². The van der Waals surface area contributed by atoms with E-state index in [0.717, 1.165) is 54.0 Å². The van der Waals surface area contributed by atoms with Gasteiger partial charge in [0.25, 0.3) is 0 Å². The molecule has 6 nitrogen and oxygen atoms in total. The number of rotatable bonds is 12. The number of thioether (sulfide) groups is 1. The molecule has 0 fully saturated rings. The third kappa shape index (κ3) is 6.20. The molecule has 2 heterocycles. The first-order valence-electron chi connectivity index (χ1n) is 12.4. The van der Waals surface area contributed by atoms with Crippen molar-refractivity contribution in [3.05, 3.63) is 54.1 Å². The molecular formula is C27H34N4O2S. The van der Waals surface area contributed by atoms with Crippen molar-refractivity contribution in [3.63, 3.8) is 0 Å². The van der Waals surface area contributed by atoms with Gasteiger partial charge in [-0.25, -0.2) is 0 Å². The van der Waals surface area contributed by atoms with Crippen molar-refractivity contribution in [2.45, 2.75) is 70.2 Å². The highest BCUT2D eigenvalue weighted by Crippen LogP contribution is 2.41. The van der Waals surface area contributed by atoms with Crippen molar-refractivity contribution in [2.24, 2.45) is 0 Å². The number of fused-ring (bicyclic) bond motifs is 3. The Labute approximate surface area is 206 Å². The van der Waals surface area contributed by atoms with Gasteiger partial charge in [-0.05, 0) is 31.0 Å². The van der Waals surface area contributed by atoms with Crippen LogP contribution in [0.15, 0.2) is 53.7 Å². The molecule has 0 amide bonds. The van der Waals surface area contributed by atoms with Crippen LogP contribution in [-0.2, 0) is 0 Å². The lowest BCUT2D eigenvalue weighted by molar-refractivity contribution is 0.215. The molecule has 180 valence electrons. The molecule has 0 saturated carbocycles. The van der Waals surface area contributed by atoms with Gasteiger partial charge < -0.3 is 14.8 Å². The van der Waals surface area contributed by atoms with Crippen molar-refractivity contribution >= 4 is 17.4 Å². The van der Waals surface area contributed by atoms with Gasteiger partial charge in [-0.2, -0.15) is 4.98 Å². The number of hydrogen-bond acceptors (Lipinski definition) is 7.